The summed E-state index contributed by atoms with van der Waals surface area (Å²) in [4.78, 5) is 24.9. The van der Waals surface area contributed by atoms with E-state index in [1.54, 1.807) is 4.90 Å². The van der Waals surface area contributed by atoms with Crippen LogP contribution in [-0.2, 0) is 9.59 Å². The molecule has 3 N–H and O–H groups in total. The molecule has 0 spiro atoms. The molecule has 0 aromatic heterocycles. The summed E-state index contributed by atoms with van der Waals surface area (Å²) in [6.07, 6.45) is 2.31. The number of nitrogens with one attached hydrogen (secondary N) is 1. The Morgan fingerprint density at radius 3 is 2.95 bits per heavy atom. The van der Waals surface area contributed by atoms with Crippen molar-refractivity contribution >= 4 is 23.2 Å². The summed E-state index contributed by atoms with van der Waals surface area (Å²) >= 11 is 0. The van der Waals surface area contributed by atoms with Gasteiger partial charge in [-0.15, -0.1) is 0 Å². The number of carbonyl (C=O) groups excluding carboxylic acids is 2. The van der Waals surface area contributed by atoms with Gasteiger partial charge in [0, 0.05) is 31.6 Å². The van der Waals surface area contributed by atoms with Crippen molar-refractivity contribution in [2.75, 3.05) is 24.1 Å². The maximum atomic E-state index is 13.4. The van der Waals surface area contributed by atoms with Gasteiger partial charge in [-0.1, -0.05) is 0 Å². The molecule has 20 heavy (non-hydrogen) atoms. The zero-order chi connectivity index (χ0) is 14.5. The third-order valence-electron chi connectivity index (χ3n) is 3.27. The highest BCUT2D eigenvalue weighted by atomic mass is 19.1. The molecule has 0 saturated carbocycles. The van der Waals surface area contributed by atoms with Gasteiger partial charge in [-0.2, -0.15) is 0 Å². The second-order valence-corrected chi connectivity index (χ2v) is 4.88. The SMILES string of the molecule is Nc1ccc(F)c(NC(=O)CCCN2CCCC2=O)c1. The van der Waals surface area contributed by atoms with Gasteiger partial charge in [-0.3, -0.25) is 9.59 Å². The first-order valence-corrected chi connectivity index (χ1v) is 6.69. The predicted molar refractivity (Wildman–Crippen MR) is 74.5 cm³/mol. The summed E-state index contributed by atoms with van der Waals surface area (Å²) in [6, 6.07) is 4.04. The zero-order valence-electron chi connectivity index (χ0n) is 11.2. The lowest BCUT2D eigenvalue weighted by Crippen LogP contribution is -2.26. The van der Waals surface area contributed by atoms with Crippen molar-refractivity contribution in [3.8, 4) is 0 Å². The summed E-state index contributed by atoms with van der Waals surface area (Å²) in [5.41, 5.74) is 6.02. The van der Waals surface area contributed by atoms with Crippen LogP contribution >= 0.6 is 0 Å². The Kier molecular flexibility index (Phi) is 4.55. The highest BCUT2D eigenvalue weighted by Gasteiger charge is 2.19. The van der Waals surface area contributed by atoms with Gasteiger partial charge in [-0.25, -0.2) is 4.39 Å². The van der Waals surface area contributed by atoms with Crippen molar-refractivity contribution in [2.24, 2.45) is 0 Å². The van der Waals surface area contributed by atoms with Crippen LogP contribution in [0.25, 0.3) is 0 Å². The Labute approximate surface area is 116 Å². The summed E-state index contributed by atoms with van der Waals surface area (Å²) < 4.78 is 13.4. The Morgan fingerprint density at radius 2 is 2.25 bits per heavy atom. The molecule has 0 atom stereocenters. The van der Waals surface area contributed by atoms with E-state index in [0.717, 1.165) is 13.0 Å². The van der Waals surface area contributed by atoms with Crippen molar-refractivity contribution in [1.29, 1.82) is 0 Å². The minimum absolute atomic E-state index is 0.0900. The average Bonchev–Trinajstić information content (AvgIpc) is 2.80. The molecule has 0 aliphatic carbocycles. The molecule has 1 saturated heterocycles. The fourth-order valence-corrected chi connectivity index (χ4v) is 2.22. The number of nitrogens with zero attached hydrogens (tertiary/aromatic N) is 1. The van der Waals surface area contributed by atoms with Crippen LogP contribution in [0.4, 0.5) is 15.8 Å². The van der Waals surface area contributed by atoms with E-state index in [2.05, 4.69) is 5.32 Å². The van der Waals surface area contributed by atoms with Crippen LogP contribution in [0.15, 0.2) is 18.2 Å². The van der Waals surface area contributed by atoms with E-state index < -0.39 is 5.82 Å². The molecule has 0 bridgehead atoms. The third-order valence-corrected chi connectivity index (χ3v) is 3.27. The van der Waals surface area contributed by atoms with Crippen LogP contribution in [0.2, 0.25) is 0 Å². The molecule has 1 aliphatic rings. The summed E-state index contributed by atoms with van der Waals surface area (Å²) in [5, 5.41) is 2.49. The maximum absolute atomic E-state index is 13.4. The Bertz CT molecular complexity index is 519. The van der Waals surface area contributed by atoms with Crippen LogP contribution < -0.4 is 11.1 Å². The largest absolute Gasteiger partial charge is 0.399 e. The molecule has 5 nitrogen and oxygen atoms in total. The predicted octanol–water partition coefficient (Wildman–Crippen LogP) is 1.75. The highest BCUT2D eigenvalue weighted by Crippen LogP contribution is 2.18. The molecule has 1 aliphatic heterocycles. The topological polar surface area (TPSA) is 75.4 Å². The maximum Gasteiger partial charge on any atom is 0.224 e. The molecular formula is C14H18FN3O2. The van der Waals surface area contributed by atoms with Gasteiger partial charge in [0.15, 0.2) is 0 Å². The molecule has 108 valence electrons. The van der Waals surface area contributed by atoms with E-state index in [0.29, 0.717) is 25.1 Å². The van der Waals surface area contributed by atoms with Gasteiger partial charge < -0.3 is 16.0 Å². The fourth-order valence-electron chi connectivity index (χ4n) is 2.22. The van der Waals surface area contributed by atoms with Crippen LogP contribution in [0, 0.1) is 5.82 Å². The molecule has 1 aromatic rings. The van der Waals surface area contributed by atoms with E-state index in [1.165, 1.54) is 18.2 Å². The van der Waals surface area contributed by atoms with Gasteiger partial charge in [0.05, 0.1) is 5.69 Å². The van der Waals surface area contributed by atoms with Gasteiger partial charge in [0.2, 0.25) is 11.8 Å². The third kappa shape index (κ3) is 3.69. The van der Waals surface area contributed by atoms with Crippen LogP contribution in [0.3, 0.4) is 0 Å². The first kappa shape index (κ1) is 14.3. The van der Waals surface area contributed by atoms with Crippen molar-refractivity contribution in [3.63, 3.8) is 0 Å². The van der Waals surface area contributed by atoms with Gasteiger partial charge in [0.25, 0.3) is 0 Å². The number of anilines is 2. The fraction of sp³-hybridized carbons (Fsp3) is 0.429. The number of benzene rings is 1. The van der Waals surface area contributed by atoms with E-state index in [4.69, 9.17) is 5.73 Å². The smallest absolute Gasteiger partial charge is 0.224 e. The van der Waals surface area contributed by atoms with E-state index in [-0.39, 0.29) is 23.9 Å². The number of rotatable bonds is 5. The van der Waals surface area contributed by atoms with Crippen molar-refractivity contribution < 1.29 is 14.0 Å². The molecule has 1 aromatic carbocycles. The lowest BCUT2D eigenvalue weighted by atomic mass is 10.2. The van der Waals surface area contributed by atoms with Gasteiger partial charge in [0.1, 0.15) is 5.82 Å². The normalized spacial score (nSPS) is 14.7. The van der Waals surface area contributed by atoms with E-state index in [1.807, 2.05) is 0 Å². The molecule has 2 rings (SSSR count). The molecular weight excluding hydrogens is 261 g/mol. The van der Waals surface area contributed by atoms with Crippen molar-refractivity contribution in [3.05, 3.63) is 24.0 Å². The molecule has 2 amide bonds. The van der Waals surface area contributed by atoms with Gasteiger partial charge in [-0.05, 0) is 31.0 Å². The van der Waals surface area contributed by atoms with Crippen LogP contribution in [0.1, 0.15) is 25.7 Å². The number of hydrogen-bond acceptors (Lipinski definition) is 3. The summed E-state index contributed by atoms with van der Waals surface area (Å²) in [6.45, 7) is 1.34. The van der Waals surface area contributed by atoms with Gasteiger partial charge >= 0.3 is 0 Å². The first-order chi connectivity index (χ1) is 9.56. The number of likely N-dealkylation sites (tertiary alicyclic amines) is 1. The van der Waals surface area contributed by atoms with E-state index in [9.17, 15) is 14.0 Å². The standard InChI is InChI=1S/C14H18FN3O2/c15-11-6-5-10(16)9-12(11)17-13(19)3-1-7-18-8-2-4-14(18)20/h5-6,9H,1-4,7-8,16H2,(H,17,19). The van der Waals surface area contributed by atoms with Crippen LogP contribution in [0.5, 0.6) is 0 Å². The zero-order valence-corrected chi connectivity index (χ0v) is 11.2. The van der Waals surface area contributed by atoms with Crippen molar-refractivity contribution in [2.45, 2.75) is 25.7 Å². The van der Waals surface area contributed by atoms with Crippen molar-refractivity contribution in [1.82, 2.24) is 4.90 Å². The van der Waals surface area contributed by atoms with Crippen LogP contribution in [-0.4, -0.2) is 29.8 Å². The molecule has 0 radical (unpaired) electrons. The number of hydrogen-bond donors (Lipinski definition) is 2. The Balaban J connectivity index is 1.77. The molecule has 0 unspecified atom stereocenters. The first-order valence-electron chi connectivity index (χ1n) is 6.69. The molecule has 1 heterocycles. The second kappa shape index (κ2) is 6.36. The lowest BCUT2D eigenvalue weighted by molar-refractivity contribution is -0.128. The number of nitrogens with two attached hydrogens (primary N) is 1. The Hall–Kier alpha value is -2.11. The number of amides is 2. The average molecular weight is 279 g/mol. The molecule has 1 fully saturated rings. The van der Waals surface area contributed by atoms with E-state index >= 15 is 0 Å². The quantitative estimate of drug-likeness (QED) is 0.806. The highest BCUT2D eigenvalue weighted by molar-refractivity contribution is 5.91. The molecule has 6 heteroatoms. The number of carbonyl (C=O) groups is 2. The minimum Gasteiger partial charge on any atom is -0.399 e. The minimum atomic E-state index is -0.512. The number of nitrogen functional groups attached to an aromatic ring is 1. The summed E-state index contributed by atoms with van der Waals surface area (Å²) in [7, 11) is 0. The Morgan fingerprint density at radius 1 is 1.45 bits per heavy atom. The summed E-state index contributed by atoms with van der Waals surface area (Å²) in [5.74, 6) is -0.643. The second-order valence-electron chi connectivity index (χ2n) is 4.88. The lowest BCUT2D eigenvalue weighted by Gasteiger charge is -2.15. The number of halogens is 1. The monoisotopic (exact) mass is 279 g/mol.